The molecule has 0 aliphatic rings. The van der Waals surface area contributed by atoms with Crippen LogP contribution in [-0.4, -0.2) is 10.9 Å². The van der Waals surface area contributed by atoms with Gasteiger partial charge < -0.3 is 10.3 Å². The quantitative estimate of drug-likeness (QED) is 0.883. The second-order valence-electron chi connectivity index (χ2n) is 4.04. The molecular weight excluding hydrogens is 271 g/mol. The molecule has 0 unspecified atom stereocenters. The summed E-state index contributed by atoms with van der Waals surface area (Å²) in [5, 5.41) is 3.72. The van der Waals surface area contributed by atoms with Gasteiger partial charge in [0, 0.05) is 16.9 Å². The van der Waals surface area contributed by atoms with E-state index in [1.54, 1.807) is 18.2 Å². The van der Waals surface area contributed by atoms with Gasteiger partial charge in [0.25, 0.3) is 0 Å². The Kier molecular flexibility index (Phi) is 3.94. The van der Waals surface area contributed by atoms with Gasteiger partial charge in [-0.25, -0.2) is 0 Å². The van der Waals surface area contributed by atoms with E-state index >= 15 is 0 Å². The molecule has 1 amide bonds. The number of carbonyl (C=O) groups is 1. The Morgan fingerprint density at radius 3 is 2.72 bits per heavy atom. The van der Waals surface area contributed by atoms with Crippen molar-refractivity contribution in [2.24, 2.45) is 0 Å². The molecule has 0 radical (unpaired) electrons. The molecule has 0 aliphatic carbocycles. The van der Waals surface area contributed by atoms with Crippen molar-refractivity contribution in [2.75, 3.05) is 5.32 Å². The van der Waals surface area contributed by atoms with Crippen LogP contribution in [0.4, 0.5) is 5.69 Å². The Bertz CT molecular complexity index is 578. The van der Waals surface area contributed by atoms with Gasteiger partial charge in [-0.2, -0.15) is 0 Å². The predicted octanol–water partition coefficient (Wildman–Crippen LogP) is 3.81. The third kappa shape index (κ3) is 3.28. The van der Waals surface area contributed by atoms with E-state index in [1.807, 2.05) is 19.2 Å². The number of amides is 1. The van der Waals surface area contributed by atoms with Gasteiger partial charge in [-0.15, -0.1) is 0 Å². The van der Waals surface area contributed by atoms with Crippen molar-refractivity contribution in [1.82, 2.24) is 4.98 Å². The first kappa shape index (κ1) is 13.0. The number of hydrogen-bond donors (Lipinski definition) is 2. The zero-order chi connectivity index (χ0) is 13.1. The molecule has 5 heteroatoms. The third-order valence-corrected chi connectivity index (χ3v) is 3.00. The molecule has 0 atom stereocenters. The number of H-pyrrole nitrogens is 1. The summed E-state index contributed by atoms with van der Waals surface area (Å²) in [5.41, 5.74) is 2.54. The minimum atomic E-state index is -0.113. The maximum atomic E-state index is 11.8. The maximum Gasteiger partial charge on any atom is 0.228 e. The fourth-order valence-electron chi connectivity index (χ4n) is 1.64. The standard InChI is InChI=1S/C13H12Cl2N2O/c1-8-4-9(7-16-8)5-13(18)17-12-3-2-10(14)6-11(12)15/h2-4,6-7,16H,5H2,1H3,(H,17,18). The second kappa shape index (κ2) is 5.46. The average molecular weight is 283 g/mol. The summed E-state index contributed by atoms with van der Waals surface area (Å²) in [6.45, 7) is 1.94. The van der Waals surface area contributed by atoms with Gasteiger partial charge >= 0.3 is 0 Å². The highest BCUT2D eigenvalue weighted by Crippen LogP contribution is 2.25. The highest BCUT2D eigenvalue weighted by atomic mass is 35.5. The summed E-state index contributed by atoms with van der Waals surface area (Å²) in [6, 6.07) is 6.90. The number of halogens is 2. The van der Waals surface area contributed by atoms with Crippen LogP contribution in [0.15, 0.2) is 30.5 Å². The number of hydrogen-bond acceptors (Lipinski definition) is 1. The topological polar surface area (TPSA) is 44.9 Å². The minimum absolute atomic E-state index is 0.113. The molecular formula is C13H12Cl2N2O. The van der Waals surface area contributed by atoms with Crippen molar-refractivity contribution in [3.63, 3.8) is 0 Å². The molecule has 3 nitrogen and oxygen atoms in total. The number of aromatic amines is 1. The predicted molar refractivity (Wildman–Crippen MR) is 74.3 cm³/mol. The summed E-state index contributed by atoms with van der Waals surface area (Å²) in [6.07, 6.45) is 2.13. The lowest BCUT2D eigenvalue weighted by Crippen LogP contribution is -2.14. The largest absolute Gasteiger partial charge is 0.365 e. The van der Waals surface area contributed by atoms with Gasteiger partial charge in [-0.3, -0.25) is 4.79 Å². The van der Waals surface area contributed by atoms with Crippen LogP contribution in [0.3, 0.4) is 0 Å². The lowest BCUT2D eigenvalue weighted by molar-refractivity contribution is -0.115. The lowest BCUT2D eigenvalue weighted by Gasteiger charge is -2.06. The summed E-state index contributed by atoms with van der Waals surface area (Å²) in [7, 11) is 0. The lowest BCUT2D eigenvalue weighted by atomic mass is 10.2. The SMILES string of the molecule is Cc1cc(CC(=O)Nc2ccc(Cl)cc2Cl)c[nH]1. The van der Waals surface area contributed by atoms with E-state index in [-0.39, 0.29) is 5.91 Å². The molecule has 1 heterocycles. The molecule has 18 heavy (non-hydrogen) atoms. The zero-order valence-electron chi connectivity index (χ0n) is 9.76. The van der Waals surface area contributed by atoms with Crippen LogP contribution in [0.5, 0.6) is 0 Å². The number of rotatable bonds is 3. The highest BCUT2D eigenvalue weighted by Gasteiger charge is 2.08. The molecule has 0 saturated heterocycles. The van der Waals surface area contributed by atoms with Gasteiger partial charge in [-0.05, 0) is 36.8 Å². The third-order valence-electron chi connectivity index (χ3n) is 2.46. The van der Waals surface area contributed by atoms with E-state index in [4.69, 9.17) is 23.2 Å². The van der Waals surface area contributed by atoms with Crippen molar-refractivity contribution in [1.29, 1.82) is 0 Å². The first-order valence-corrected chi connectivity index (χ1v) is 6.19. The van der Waals surface area contributed by atoms with Crippen LogP contribution in [0, 0.1) is 6.92 Å². The first-order chi connectivity index (χ1) is 8.54. The number of nitrogens with one attached hydrogen (secondary N) is 2. The van der Waals surface area contributed by atoms with Gasteiger partial charge in [0.1, 0.15) is 0 Å². The Morgan fingerprint density at radius 1 is 1.33 bits per heavy atom. The van der Waals surface area contributed by atoms with Crippen LogP contribution in [0.1, 0.15) is 11.3 Å². The number of carbonyl (C=O) groups excluding carboxylic acids is 1. The molecule has 94 valence electrons. The van der Waals surface area contributed by atoms with Gasteiger partial charge in [0.2, 0.25) is 5.91 Å². The molecule has 0 aliphatic heterocycles. The van der Waals surface area contributed by atoms with Crippen LogP contribution >= 0.6 is 23.2 Å². The molecule has 0 saturated carbocycles. The molecule has 1 aromatic heterocycles. The monoisotopic (exact) mass is 282 g/mol. The zero-order valence-corrected chi connectivity index (χ0v) is 11.3. The molecule has 0 spiro atoms. The van der Waals surface area contributed by atoms with E-state index in [1.165, 1.54) is 0 Å². The normalized spacial score (nSPS) is 10.4. The van der Waals surface area contributed by atoms with Crippen LogP contribution in [-0.2, 0) is 11.2 Å². The van der Waals surface area contributed by atoms with Crippen molar-refractivity contribution < 1.29 is 4.79 Å². The Hall–Kier alpha value is -1.45. The number of benzene rings is 1. The van der Waals surface area contributed by atoms with Crippen LogP contribution < -0.4 is 5.32 Å². The van der Waals surface area contributed by atoms with Crippen LogP contribution in [0.2, 0.25) is 10.0 Å². The summed E-state index contributed by atoms with van der Waals surface area (Å²) < 4.78 is 0. The Morgan fingerprint density at radius 2 is 2.11 bits per heavy atom. The Balaban J connectivity index is 2.03. The van der Waals surface area contributed by atoms with E-state index in [9.17, 15) is 4.79 Å². The molecule has 0 fully saturated rings. The first-order valence-electron chi connectivity index (χ1n) is 5.43. The summed E-state index contributed by atoms with van der Waals surface area (Å²) >= 11 is 11.8. The smallest absolute Gasteiger partial charge is 0.228 e. The van der Waals surface area contributed by atoms with Gasteiger partial charge in [0.05, 0.1) is 17.1 Å². The van der Waals surface area contributed by atoms with Crippen molar-refractivity contribution in [3.05, 3.63) is 51.8 Å². The van der Waals surface area contributed by atoms with E-state index in [2.05, 4.69) is 10.3 Å². The molecule has 2 N–H and O–H groups in total. The van der Waals surface area contributed by atoms with Crippen molar-refractivity contribution >= 4 is 34.8 Å². The highest BCUT2D eigenvalue weighted by molar-refractivity contribution is 6.36. The van der Waals surface area contributed by atoms with E-state index in [0.29, 0.717) is 22.2 Å². The van der Waals surface area contributed by atoms with Crippen LogP contribution in [0.25, 0.3) is 0 Å². The van der Waals surface area contributed by atoms with Crippen molar-refractivity contribution in [2.45, 2.75) is 13.3 Å². The Labute approximate surface area is 115 Å². The number of anilines is 1. The molecule has 0 bridgehead atoms. The average Bonchev–Trinajstić information content (AvgIpc) is 2.68. The maximum absolute atomic E-state index is 11.8. The number of aryl methyl sites for hydroxylation is 1. The minimum Gasteiger partial charge on any atom is -0.365 e. The molecule has 2 rings (SSSR count). The van der Waals surface area contributed by atoms with Crippen molar-refractivity contribution in [3.8, 4) is 0 Å². The summed E-state index contributed by atoms with van der Waals surface area (Å²) in [4.78, 5) is 14.8. The van der Waals surface area contributed by atoms with E-state index in [0.717, 1.165) is 11.3 Å². The van der Waals surface area contributed by atoms with E-state index < -0.39 is 0 Å². The summed E-state index contributed by atoms with van der Waals surface area (Å²) in [5.74, 6) is -0.113. The fraction of sp³-hybridized carbons (Fsp3) is 0.154. The molecule has 2 aromatic rings. The number of aromatic nitrogens is 1. The fourth-order valence-corrected chi connectivity index (χ4v) is 2.10. The van der Waals surface area contributed by atoms with Gasteiger partial charge in [-0.1, -0.05) is 23.2 Å². The molecule has 1 aromatic carbocycles. The van der Waals surface area contributed by atoms with Gasteiger partial charge in [0.15, 0.2) is 0 Å². The second-order valence-corrected chi connectivity index (χ2v) is 4.88.